The molecule has 0 bridgehead atoms. The molecule has 3 rings (SSSR count). The summed E-state index contributed by atoms with van der Waals surface area (Å²) >= 11 is 0. The molecule has 8 heteroatoms. The van der Waals surface area contributed by atoms with Gasteiger partial charge in [-0.3, -0.25) is 9.59 Å². The first-order valence-electron chi connectivity index (χ1n) is 11.4. The van der Waals surface area contributed by atoms with Gasteiger partial charge in [0, 0.05) is 25.6 Å². The minimum atomic E-state index is -3.66. The number of sulfonamides is 1. The lowest BCUT2D eigenvalue weighted by atomic mass is 9.77. The fraction of sp³-hybridized carbons (Fsp3) is 0.600. The number of nitrogens with zero attached hydrogens (tertiary/aromatic N) is 1. The molecule has 4 atom stereocenters. The molecule has 1 saturated carbocycles. The Kier molecular flexibility index (Phi) is 6.59. The fourth-order valence-corrected chi connectivity index (χ4v) is 7.33. The van der Waals surface area contributed by atoms with Gasteiger partial charge >= 0.3 is 0 Å². The molecular weight excluding hydrogens is 438 g/mol. The number of allylic oxidation sites excluding steroid dienone is 1. The number of hydrogen-bond acceptors (Lipinski definition) is 4. The second-order valence-corrected chi connectivity index (χ2v) is 13.0. The van der Waals surface area contributed by atoms with E-state index in [0.717, 1.165) is 5.56 Å². The SMILES string of the molecule is C=CCC1C2CN(S(=O)(=O)c3ccc(C)cc3)CC2(C)CC1(NC(C)=O)C(=O)NC(C)(C)C. The second kappa shape index (κ2) is 8.55. The molecule has 2 N–H and O–H groups in total. The molecule has 0 radical (unpaired) electrons. The van der Waals surface area contributed by atoms with Crippen molar-refractivity contribution in [2.45, 2.75) is 70.4 Å². The van der Waals surface area contributed by atoms with E-state index in [1.165, 1.54) is 11.2 Å². The maximum absolute atomic E-state index is 13.6. The molecule has 1 aliphatic heterocycles. The molecule has 2 aliphatic rings. The Morgan fingerprint density at radius 1 is 1.24 bits per heavy atom. The first kappa shape index (κ1) is 25.4. The standard InChI is InChI=1S/C25H37N3O4S/c1-8-9-20-21-14-28(33(31,32)19-12-10-17(2)11-13-19)16-24(21,7)15-25(20,26-18(3)29)22(30)27-23(4,5)6/h8,10-13,20-21H,1,9,14-16H2,2-7H3,(H,26,29)(H,27,30). The molecule has 182 valence electrons. The Balaban J connectivity index is 2.00. The summed E-state index contributed by atoms with van der Waals surface area (Å²) in [6.45, 7) is 15.6. The van der Waals surface area contributed by atoms with Crippen molar-refractivity contribution in [3.63, 3.8) is 0 Å². The average Bonchev–Trinajstić information content (AvgIpc) is 3.11. The summed E-state index contributed by atoms with van der Waals surface area (Å²) in [6.07, 6.45) is 2.62. The largest absolute Gasteiger partial charge is 0.349 e. The molecule has 1 aliphatic carbocycles. The van der Waals surface area contributed by atoms with E-state index in [1.54, 1.807) is 30.3 Å². The number of carbonyl (C=O) groups is 2. The molecule has 2 fully saturated rings. The number of nitrogens with one attached hydrogen (secondary N) is 2. The molecule has 2 amide bonds. The van der Waals surface area contributed by atoms with Crippen LogP contribution in [0.25, 0.3) is 0 Å². The first-order valence-corrected chi connectivity index (χ1v) is 12.9. The van der Waals surface area contributed by atoms with Crippen LogP contribution in [0.2, 0.25) is 0 Å². The highest BCUT2D eigenvalue weighted by molar-refractivity contribution is 7.89. The van der Waals surface area contributed by atoms with Gasteiger partial charge in [-0.05, 0) is 69.9 Å². The molecule has 1 heterocycles. The van der Waals surface area contributed by atoms with E-state index < -0.39 is 26.5 Å². The minimum absolute atomic E-state index is 0.103. The third-order valence-electron chi connectivity index (χ3n) is 7.01. The van der Waals surface area contributed by atoms with Crippen molar-refractivity contribution < 1.29 is 18.0 Å². The Hall–Kier alpha value is -2.19. The third kappa shape index (κ3) is 4.73. The third-order valence-corrected chi connectivity index (χ3v) is 8.83. The van der Waals surface area contributed by atoms with Crippen LogP contribution in [0.15, 0.2) is 41.8 Å². The van der Waals surface area contributed by atoms with Gasteiger partial charge in [0.05, 0.1) is 4.90 Å². The topological polar surface area (TPSA) is 95.6 Å². The quantitative estimate of drug-likeness (QED) is 0.618. The molecule has 0 spiro atoms. The molecule has 1 saturated heterocycles. The molecule has 33 heavy (non-hydrogen) atoms. The second-order valence-electron chi connectivity index (χ2n) is 11.0. The molecule has 0 aromatic heterocycles. The number of hydrogen-bond donors (Lipinski definition) is 2. The maximum Gasteiger partial charge on any atom is 0.246 e. The van der Waals surface area contributed by atoms with Gasteiger partial charge in [-0.15, -0.1) is 6.58 Å². The summed E-state index contributed by atoms with van der Waals surface area (Å²) in [4.78, 5) is 26.2. The normalized spacial score (nSPS) is 30.0. The van der Waals surface area contributed by atoms with E-state index in [-0.39, 0.29) is 28.5 Å². The highest BCUT2D eigenvalue weighted by Gasteiger charge is 2.66. The lowest BCUT2D eigenvalue weighted by molar-refractivity contribution is -0.136. The summed E-state index contributed by atoms with van der Waals surface area (Å²) in [6, 6.07) is 6.87. The van der Waals surface area contributed by atoms with E-state index in [2.05, 4.69) is 17.2 Å². The molecule has 1 aromatic carbocycles. The fourth-order valence-electron chi connectivity index (χ4n) is 5.73. The molecule has 4 unspecified atom stereocenters. The zero-order valence-corrected chi connectivity index (χ0v) is 21.4. The predicted molar refractivity (Wildman–Crippen MR) is 129 cm³/mol. The first-order chi connectivity index (χ1) is 15.1. The van der Waals surface area contributed by atoms with Crippen molar-refractivity contribution >= 4 is 21.8 Å². The smallest absolute Gasteiger partial charge is 0.246 e. The number of rotatable bonds is 6. The Labute approximate surface area is 198 Å². The summed E-state index contributed by atoms with van der Waals surface area (Å²) in [7, 11) is -3.66. The zero-order chi connectivity index (χ0) is 24.8. The lowest BCUT2D eigenvalue weighted by Gasteiger charge is -2.39. The van der Waals surface area contributed by atoms with Crippen LogP contribution in [0.1, 0.15) is 53.0 Å². The summed E-state index contributed by atoms with van der Waals surface area (Å²) < 4.78 is 28.3. The average molecular weight is 476 g/mol. The Morgan fingerprint density at radius 3 is 2.36 bits per heavy atom. The number of carbonyl (C=O) groups excluding carboxylic acids is 2. The van der Waals surface area contributed by atoms with E-state index in [0.29, 0.717) is 25.9 Å². The number of fused-ring (bicyclic) bond motifs is 1. The van der Waals surface area contributed by atoms with Gasteiger partial charge in [0.2, 0.25) is 21.8 Å². The van der Waals surface area contributed by atoms with Gasteiger partial charge in [-0.2, -0.15) is 4.31 Å². The van der Waals surface area contributed by atoms with Crippen LogP contribution in [-0.4, -0.2) is 48.7 Å². The van der Waals surface area contributed by atoms with Crippen LogP contribution in [0.4, 0.5) is 0 Å². The van der Waals surface area contributed by atoms with Crippen molar-refractivity contribution in [3.8, 4) is 0 Å². The maximum atomic E-state index is 13.6. The highest BCUT2D eigenvalue weighted by Crippen LogP contribution is 2.58. The monoisotopic (exact) mass is 475 g/mol. The van der Waals surface area contributed by atoms with Crippen LogP contribution in [0.3, 0.4) is 0 Å². The van der Waals surface area contributed by atoms with E-state index >= 15 is 0 Å². The highest BCUT2D eigenvalue weighted by atomic mass is 32.2. The summed E-state index contributed by atoms with van der Waals surface area (Å²) in [5.41, 5.74) is -1.06. The van der Waals surface area contributed by atoms with Crippen molar-refractivity contribution in [2.75, 3.05) is 13.1 Å². The van der Waals surface area contributed by atoms with Gasteiger partial charge in [-0.25, -0.2) is 8.42 Å². The van der Waals surface area contributed by atoms with Crippen molar-refractivity contribution in [3.05, 3.63) is 42.5 Å². The Morgan fingerprint density at radius 2 is 1.85 bits per heavy atom. The molecule has 7 nitrogen and oxygen atoms in total. The van der Waals surface area contributed by atoms with E-state index in [1.807, 2.05) is 34.6 Å². The van der Waals surface area contributed by atoms with Gasteiger partial charge in [0.15, 0.2) is 0 Å². The number of aryl methyl sites for hydroxylation is 1. The van der Waals surface area contributed by atoms with Crippen LogP contribution >= 0.6 is 0 Å². The van der Waals surface area contributed by atoms with Gasteiger partial charge in [0.25, 0.3) is 0 Å². The summed E-state index contributed by atoms with van der Waals surface area (Å²) in [5, 5.41) is 6.05. The predicted octanol–water partition coefficient (Wildman–Crippen LogP) is 3.01. The van der Waals surface area contributed by atoms with Crippen molar-refractivity contribution in [1.82, 2.24) is 14.9 Å². The lowest BCUT2D eigenvalue weighted by Crippen LogP contribution is -2.64. The van der Waals surface area contributed by atoms with Crippen LogP contribution in [0.5, 0.6) is 0 Å². The van der Waals surface area contributed by atoms with Crippen molar-refractivity contribution in [1.29, 1.82) is 0 Å². The van der Waals surface area contributed by atoms with E-state index in [9.17, 15) is 18.0 Å². The molecule has 1 aromatic rings. The minimum Gasteiger partial charge on any atom is -0.349 e. The van der Waals surface area contributed by atoms with Gasteiger partial charge in [-0.1, -0.05) is 30.7 Å². The van der Waals surface area contributed by atoms with Crippen LogP contribution in [-0.2, 0) is 19.6 Å². The van der Waals surface area contributed by atoms with E-state index in [4.69, 9.17) is 0 Å². The number of amides is 2. The van der Waals surface area contributed by atoms with Crippen molar-refractivity contribution in [2.24, 2.45) is 17.3 Å². The Bertz CT molecular complexity index is 1040. The van der Waals surface area contributed by atoms with Crippen LogP contribution < -0.4 is 10.6 Å². The zero-order valence-electron chi connectivity index (χ0n) is 20.6. The number of benzene rings is 1. The van der Waals surface area contributed by atoms with Gasteiger partial charge < -0.3 is 10.6 Å². The van der Waals surface area contributed by atoms with Gasteiger partial charge in [0.1, 0.15) is 5.54 Å². The molecular formula is C25H37N3O4S. The summed E-state index contributed by atoms with van der Waals surface area (Å²) in [5.74, 6) is -0.876. The van der Waals surface area contributed by atoms with Crippen LogP contribution in [0, 0.1) is 24.2 Å².